The Morgan fingerprint density at radius 1 is 1.30 bits per heavy atom. The topological polar surface area (TPSA) is 28.1 Å². The molecule has 112 valence electrons. The fraction of sp³-hybridized carbons (Fsp3) is 0.846. The Morgan fingerprint density at radius 2 is 2.05 bits per heavy atom. The van der Waals surface area contributed by atoms with E-state index >= 15 is 0 Å². The Hall–Kier alpha value is 0.0200. The van der Waals surface area contributed by atoms with Crippen LogP contribution in [0.4, 0.5) is 0 Å². The van der Waals surface area contributed by atoms with Crippen LogP contribution in [0.25, 0.3) is 0 Å². The van der Waals surface area contributed by atoms with Crippen molar-refractivity contribution in [3.05, 3.63) is 0 Å². The molecule has 0 radical (unpaired) electrons. The molecule has 4 nitrogen and oxygen atoms in total. The number of hydrogen-bond donors (Lipinski definition) is 0. The van der Waals surface area contributed by atoms with Crippen LogP contribution < -0.4 is 0 Å². The van der Waals surface area contributed by atoms with Crippen LogP contribution in [0.15, 0.2) is 4.99 Å². The van der Waals surface area contributed by atoms with Crippen molar-refractivity contribution < 1.29 is 4.74 Å². The van der Waals surface area contributed by atoms with E-state index in [4.69, 9.17) is 21.9 Å². The molecule has 2 fully saturated rings. The molecule has 0 aliphatic carbocycles. The van der Waals surface area contributed by atoms with Crippen molar-refractivity contribution in [1.82, 2.24) is 9.80 Å². The van der Waals surface area contributed by atoms with Gasteiger partial charge in [-0.1, -0.05) is 35.7 Å². The average Bonchev–Trinajstić information content (AvgIpc) is 3.17. The van der Waals surface area contributed by atoms with E-state index in [9.17, 15) is 0 Å². The molecule has 0 saturated carbocycles. The molecule has 0 aromatic heterocycles. The molecule has 3 aliphatic heterocycles. The molecule has 0 spiro atoms. The van der Waals surface area contributed by atoms with Gasteiger partial charge in [0.15, 0.2) is 5.17 Å². The maximum absolute atomic E-state index is 5.52. The first-order chi connectivity index (χ1) is 9.83. The zero-order valence-electron chi connectivity index (χ0n) is 11.6. The van der Waals surface area contributed by atoms with Crippen molar-refractivity contribution in [1.29, 1.82) is 0 Å². The first kappa shape index (κ1) is 14.9. The second kappa shape index (κ2) is 7.33. The SMILES string of the molecule is S=C(SC[C@@H]1CN=C(N2CCOCC2)S1)N1CCCC1. The maximum Gasteiger partial charge on any atom is 0.159 e. The lowest BCUT2D eigenvalue weighted by atomic mass is 10.4. The highest BCUT2D eigenvalue weighted by Crippen LogP contribution is 2.28. The lowest BCUT2D eigenvalue weighted by Crippen LogP contribution is -2.39. The molecule has 3 heterocycles. The van der Waals surface area contributed by atoms with Crippen LogP contribution in [0.5, 0.6) is 0 Å². The third kappa shape index (κ3) is 3.81. The number of ether oxygens (including phenoxy) is 1. The molecular formula is C13H21N3OS3. The van der Waals surface area contributed by atoms with Crippen molar-refractivity contribution in [3.8, 4) is 0 Å². The van der Waals surface area contributed by atoms with Crippen LogP contribution in [0.3, 0.4) is 0 Å². The summed E-state index contributed by atoms with van der Waals surface area (Å²) in [5.74, 6) is 1.08. The standard InChI is InChI=1S/C13H21N3OS3/c18-13(16-3-1-2-4-16)19-10-11-9-14-12(20-11)15-5-7-17-8-6-15/h11H,1-10H2/t11-/m0/s1. The van der Waals surface area contributed by atoms with E-state index in [1.807, 2.05) is 23.5 Å². The lowest BCUT2D eigenvalue weighted by Gasteiger charge is -2.28. The fourth-order valence-corrected chi connectivity index (χ4v) is 5.16. The van der Waals surface area contributed by atoms with E-state index in [2.05, 4.69) is 9.80 Å². The van der Waals surface area contributed by atoms with E-state index in [0.29, 0.717) is 5.25 Å². The third-order valence-electron chi connectivity index (χ3n) is 3.74. The Labute approximate surface area is 134 Å². The van der Waals surface area contributed by atoms with Crippen LogP contribution in [0.2, 0.25) is 0 Å². The van der Waals surface area contributed by atoms with Crippen molar-refractivity contribution in [3.63, 3.8) is 0 Å². The van der Waals surface area contributed by atoms with Gasteiger partial charge in [-0.15, -0.1) is 0 Å². The monoisotopic (exact) mass is 331 g/mol. The zero-order valence-corrected chi connectivity index (χ0v) is 14.1. The van der Waals surface area contributed by atoms with Crippen LogP contribution in [0, 0.1) is 0 Å². The molecule has 7 heteroatoms. The van der Waals surface area contributed by atoms with Crippen molar-refractivity contribution in [2.75, 3.05) is 51.7 Å². The minimum atomic E-state index is 0.582. The molecule has 3 aliphatic rings. The summed E-state index contributed by atoms with van der Waals surface area (Å²) in [5.41, 5.74) is 0. The van der Waals surface area contributed by atoms with Gasteiger partial charge in [-0.3, -0.25) is 4.99 Å². The van der Waals surface area contributed by atoms with Gasteiger partial charge in [0.2, 0.25) is 0 Å². The van der Waals surface area contributed by atoms with Gasteiger partial charge >= 0.3 is 0 Å². The molecule has 2 saturated heterocycles. The Kier molecular flexibility index (Phi) is 5.48. The molecule has 3 rings (SSSR count). The maximum atomic E-state index is 5.52. The number of morpholine rings is 1. The number of likely N-dealkylation sites (tertiary alicyclic amines) is 1. The lowest BCUT2D eigenvalue weighted by molar-refractivity contribution is 0.0693. The summed E-state index contributed by atoms with van der Waals surface area (Å²) in [7, 11) is 0. The summed E-state index contributed by atoms with van der Waals surface area (Å²) in [6, 6.07) is 0. The fourth-order valence-electron chi connectivity index (χ4n) is 2.57. The Balaban J connectivity index is 1.39. The van der Waals surface area contributed by atoms with E-state index in [1.54, 1.807) is 0 Å². The van der Waals surface area contributed by atoms with Gasteiger partial charge in [-0.05, 0) is 12.8 Å². The van der Waals surface area contributed by atoms with E-state index in [0.717, 1.165) is 56.0 Å². The largest absolute Gasteiger partial charge is 0.378 e. The average molecular weight is 332 g/mol. The van der Waals surface area contributed by atoms with Gasteiger partial charge in [-0.25, -0.2) is 0 Å². The summed E-state index contributed by atoms with van der Waals surface area (Å²) < 4.78 is 6.48. The zero-order chi connectivity index (χ0) is 13.8. The Bertz CT molecular complexity index is 379. The van der Waals surface area contributed by atoms with E-state index < -0.39 is 0 Å². The Morgan fingerprint density at radius 3 is 2.80 bits per heavy atom. The van der Waals surface area contributed by atoms with Gasteiger partial charge in [0.1, 0.15) is 4.32 Å². The van der Waals surface area contributed by atoms with Gasteiger partial charge < -0.3 is 14.5 Å². The molecule has 0 amide bonds. The highest BCUT2D eigenvalue weighted by molar-refractivity contribution is 8.23. The molecular weight excluding hydrogens is 310 g/mol. The van der Waals surface area contributed by atoms with Crippen LogP contribution in [-0.4, -0.2) is 76.2 Å². The third-order valence-corrected chi connectivity index (χ3v) is 6.88. The van der Waals surface area contributed by atoms with Gasteiger partial charge in [0, 0.05) is 37.2 Å². The minimum Gasteiger partial charge on any atom is -0.378 e. The second-order valence-corrected chi connectivity index (χ2v) is 8.15. The summed E-state index contributed by atoms with van der Waals surface area (Å²) in [4.78, 5) is 9.41. The molecule has 0 aromatic rings. The minimum absolute atomic E-state index is 0.582. The number of thiocarbonyl (C=S) groups is 1. The first-order valence-corrected chi connectivity index (χ1v) is 9.56. The van der Waals surface area contributed by atoms with Crippen molar-refractivity contribution in [2.24, 2.45) is 4.99 Å². The first-order valence-electron chi connectivity index (χ1n) is 7.28. The molecule has 1 atom stereocenters. The van der Waals surface area contributed by atoms with Crippen LogP contribution >= 0.6 is 35.7 Å². The predicted octanol–water partition coefficient (Wildman–Crippen LogP) is 1.90. The van der Waals surface area contributed by atoms with E-state index in [1.165, 1.54) is 18.0 Å². The van der Waals surface area contributed by atoms with Crippen LogP contribution in [0.1, 0.15) is 12.8 Å². The van der Waals surface area contributed by atoms with E-state index in [-0.39, 0.29) is 0 Å². The summed E-state index contributed by atoms with van der Waals surface area (Å²) >= 11 is 9.28. The molecule has 0 N–H and O–H groups in total. The van der Waals surface area contributed by atoms with Crippen molar-refractivity contribution >= 4 is 45.2 Å². The predicted molar refractivity (Wildman–Crippen MR) is 91.9 cm³/mol. The van der Waals surface area contributed by atoms with Crippen molar-refractivity contribution in [2.45, 2.75) is 18.1 Å². The highest BCUT2D eigenvalue weighted by Gasteiger charge is 2.26. The van der Waals surface area contributed by atoms with Gasteiger partial charge in [0.25, 0.3) is 0 Å². The number of rotatable bonds is 2. The quantitative estimate of drug-likeness (QED) is 0.718. The number of thioether (sulfide) groups is 2. The van der Waals surface area contributed by atoms with Crippen LogP contribution in [-0.2, 0) is 4.74 Å². The smallest absolute Gasteiger partial charge is 0.159 e. The highest BCUT2D eigenvalue weighted by atomic mass is 32.2. The molecule has 0 bridgehead atoms. The molecule has 20 heavy (non-hydrogen) atoms. The summed E-state index contributed by atoms with van der Waals surface area (Å²) in [5, 5.41) is 1.80. The molecule has 0 unspecified atom stereocenters. The number of aliphatic imine (C=N–C) groups is 1. The summed E-state index contributed by atoms with van der Waals surface area (Å²) in [6.07, 6.45) is 2.59. The van der Waals surface area contributed by atoms with Gasteiger partial charge in [0.05, 0.1) is 19.8 Å². The second-order valence-electron chi connectivity index (χ2n) is 5.23. The van der Waals surface area contributed by atoms with Gasteiger partial charge in [-0.2, -0.15) is 0 Å². The summed E-state index contributed by atoms with van der Waals surface area (Å²) in [6.45, 7) is 6.87. The molecule has 0 aromatic carbocycles. The number of nitrogens with zero attached hydrogens (tertiary/aromatic N) is 3. The number of hydrogen-bond acceptors (Lipinski definition) is 6. The number of amidine groups is 1. The normalized spacial score (nSPS) is 27.0.